The van der Waals surface area contributed by atoms with Crippen LogP contribution in [0.5, 0.6) is 0 Å². The predicted octanol–water partition coefficient (Wildman–Crippen LogP) is 3.41. The van der Waals surface area contributed by atoms with Gasteiger partial charge in [0.15, 0.2) is 0 Å². The molecule has 23 heavy (non-hydrogen) atoms. The molecule has 2 amide bonds. The van der Waals surface area contributed by atoms with Crippen molar-refractivity contribution in [2.75, 3.05) is 0 Å². The van der Waals surface area contributed by atoms with Gasteiger partial charge in [-0.1, -0.05) is 51.4 Å². The molecule has 0 spiro atoms. The predicted molar refractivity (Wildman–Crippen MR) is 92.7 cm³/mol. The third-order valence-electron chi connectivity index (χ3n) is 5.44. The molecule has 126 valence electrons. The molecule has 3 rings (SSSR count). The van der Waals surface area contributed by atoms with E-state index in [-0.39, 0.29) is 0 Å². The van der Waals surface area contributed by atoms with E-state index >= 15 is 0 Å². The lowest BCUT2D eigenvalue weighted by Crippen LogP contribution is -2.22. The van der Waals surface area contributed by atoms with Crippen LogP contribution < -0.4 is 11.5 Å². The van der Waals surface area contributed by atoms with Gasteiger partial charge in [0.2, 0.25) is 0 Å². The van der Waals surface area contributed by atoms with Gasteiger partial charge in [0, 0.05) is 9.75 Å². The third-order valence-corrected chi connectivity index (χ3v) is 6.68. The first-order chi connectivity index (χ1) is 11.1. The van der Waals surface area contributed by atoms with E-state index in [1.165, 1.54) is 51.4 Å². The summed E-state index contributed by atoms with van der Waals surface area (Å²) in [6.45, 7) is 0. The van der Waals surface area contributed by atoms with Crippen LogP contribution in [0.4, 0.5) is 0 Å². The molecule has 0 saturated heterocycles. The van der Waals surface area contributed by atoms with E-state index in [0.717, 1.165) is 22.6 Å². The average Bonchev–Trinajstić information content (AvgIpc) is 3.20. The summed E-state index contributed by atoms with van der Waals surface area (Å²) >= 11 is 1.61. The van der Waals surface area contributed by atoms with Crippen molar-refractivity contribution in [3.63, 3.8) is 0 Å². The highest BCUT2D eigenvalue weighted by Crippen LogP contribution is 2.38. The Bertz CT molecular complexity index is 546. The fraction of sp³-hybridized carbons (Fsp3) is 0.667. The maximum Gasteiger partial charge on any atom is 0.250 e. The van der Waals surface area contributed by atoms with E-state index in [2.05, 4.69) is 0 Å². The van der Waals surface area contributed by atoms with Gasteiger partial charge in [-0.15, -0.1) is 11.3 Å². The van der Waals surface area contributed by atoms with Crippen molar-refractivity contribution in [3.8, 4) is 0 Å². The first-order valence-electron chi connectivity index (χ1n) is 8.80. The van der Waals surface area contributed by atoms with Gasteiger partial charge in [-0.25, -0.2) is 0 Å². The number of nitrogens with two attached hydrogens (primary N) is 2. The summed E-state index contributed by atoms with van der Waals surface area (Å²) in [5.41, 5.74) is 12.1. The summed E-state index contributed by atoms with van der Waals surface area (Å²) in [7, 11) is 0. The number of primary amides is 2. The molecular weight excluding hydrogens is 308 g/mol. The van der Waals surface area contributed by atoms with Gasteiger partial charge in [0.25, 0.3) is 11.8 Å². The molecule has 1 aromatic rings. The molecule has 0 aliphatic heterocycles. The highest BCUT2D eigenvalue weighted by molar-refractivity contribution is 7.12. The first-order valence-corrected chi connectivity index (χ1v) is 9.62. The van der Waals surface area contributed by atoms with Crippen LogP contribution in [0.2, 0.25) is 0 Å². The van der Waals surface area contributed by atoms with Gasteiger partial charge >= 0.3 is 0 Å². The lowest BCUT2D eigenvalue weighted by atomic mass is 9.95. The van der Waals surface area contributed by atoms with Crippen molar-refractivity contribution in [1.29, 1.82) is 0 Å². The zero-order valence-corrected chi connectivity index (χ0v) is 14.4. The van der Waals surface area contributed by atoms with Crippen molar-refractivity contribution in [2.45, 2.75) is 64.2 Å². The van der Waals surface area contributed by atoms with E-state index in [4.69, 9.17) is 11.5 Å². The van der Waals surface area contributed by atoms with Gasteiger partial charge in [-0.2, -0.15) is 0 Å². The monoisotopic (exact) mass is 334 g/mol. The third kappa shape index (κ3) is 3.60. The van der Waals surface area contributed by atoms with E-state index in [1.807, 2.05) is 0 Å². The van der Waals surface area contributed by atoms with Crippen molar-refractivity contribution >= 4 is 23.2 Å². The first kappa shape index (κ1) is 16.5. The van der Waals surface area contributed by atoms with Crippen LogP contribution in [0.25, 0.3) is 0 Å². The number of carbonyl (C=O) groups excluding carboxylic acids is 2. The van der Waals surface area contributed by atoms with Crippen molar-refractivity contribution in [1.82, 2.24) is 0 Å². The summed E-state index contributed by atoms with van der Waals surface area (Å²) in [6, 6.07) is 0. The van der Waals surface area contributed by atoms with Crippen LogP contribution in [0, 0.1) is 11.8 Å². The lowest BCUT2D eigenvalue weighted by molar-refractivity contribution is 0.0966. The summed E-state index contributed by atoms with van der Waals surface area (Å²) in [5, 5.41) is 0. The van der Waals surface area contributed by atoms with Crippen LogP contribution in [-0.4, -0.2) is 11.8 Å². The summed E-state index contributed by atoms with van der Waals surface area (Å²) in [4.78, 5) is 26.0. The summed E-state index contributed by atoms with van der Waals surface area (Å²) in [5.74, 6) is 0.236. The van der Waals surface area contributed by atoms with Crippen molar-refractivity contribution in [3.05, 3.63) is 20.9 Å². The molecule has 2 fully saturated rings. The second kappa shape index (κ2) is 7.04. The van der Waals surface area contributed by atoms with Crippen LogP contribution in [0.15, 0.2) is 0 Å². The van der Waals surface area contributed by atoms with E-state index < -0.39 is 11.8 Å². The second-order valence-electron chi connectivity index (χ2n) is 7.14. The Labute approximate surface area is 141 Å². The smallest absolute Gasteiger partial charge is 0.250 e. The minimum atomic E-state index is -0.499. The number of amides is 2. The molecule has 0 unspecified atom stereocenters. The highest BCUT2D eigenvalue weighted by Gasteiger charge is 2.29. The van der Waals surface area contributed by atoms with E-state index in [9.17, 15) is 9.59 Å². The van der Waals surface area contributed by atoms with E-state index in [1.54, 1.807) is 11.3 Å². The molecule has 5 heteroatoms. The molecule has 2 aliphatic carbocycles. The van der Waals surface area contributed by atoms with Gasteiger partial charge in [-0.05, 0) is 24.7 Å². The quantitative estimate of drug-likeness (QED) is 0.835. The molecule has 1 aromatic heterocycles. The molecule has 2 saturated carbocycles. The van der Waals surface area contributed by atoms with Crippen molar-refractivity contribution in [2.24, 2.45) is 23.3 Å². The lowest BCUT2D eigenvalue weighted by Gasteiger charge is -2.08. The molecule has 0 radical (unpaired) electrons. The minimum Gasteiger partial charge on any atom is -0.366 e. The maximum absolute atomic E-state index is 12.0. The Morgan fingerprint density at radius 2 is 1.13 bits per heavy atom. The average molecular weight is 334 g/mol. The zero-order valence-electron chi connectivity index (χ0n) is 13.6. The summed E-state index contributed by atoms with van der Waals surface area (Å²) < 4.78 is 0. The maximum atomic E-state index is 12.0. The number of carbonyl (C=O) groups is 2. The van der Waals surface area contributed by atoms with Gasteiger partial charge in [0.1, 0.15) is 0 Å². The standard InChI is InChI=1S/C18H26N2O2S/c19-17(21)15-13(9-11-5-1-2-6-11)23-14(16(15)18(20)22)10-12-7-3-4-8-12/h11-12H,1-10H2,(H2,19,21)(H2,20,22). The normalized spacial score (nSPS) is 19.5. The molecule has 0 atom stereocenters. The fourth-order valence-electron chi connectivity index (χ4n) is 4.29. The molecule has 4 N–H and O–H groups in total. The second-order valence-corrected chi connectivity index (χ2v) is 8.33. The molecule has 1 heterocycles. The Hall–Kier alpha value is -1.36. The van der Waals surface area contributed by atoms with Gasteiger partial charge < -0.3 is 11.5 Å². The minimum absolute atomic E-state index is 0.419. The Kier molecular flexibility index (Phi) is 5.05. The fourth-order valence-corrected chi connectivity index (χ4v) is 5.84. The number of rotatable bonds is 6. The van der Waals surface area contributed by atoms with Crippen LogP contribution in [-0.2, 0) is 12.8 Å². The molecule has 0 aromatic carbocycles. The number of hydrogen-bond donors (Lipinski definition) is 2. The number of thiophene rings is 1. The Morgan fingerprint density at radius 1 is 0.783 bits per heavy atom. The molecule has 2 aliphatic rings. The highest BCUT2D eigenvalue weighted by atomic mass is 32.1. The zero-order chi connectivity index (χ0) is 16.4. The SMILES string of the molecule is NC(=O)c1c(CC2CCCC2)sc(CC2CCCC2)c1C(N)=O. The largest absolute Gasteiger partial charge is 0.366 e. The summed E-state index contributed by atoms with van der Waals surface area (Å²) in [6.07, 6.45) is 11.6. The number of hydrogen-bond acceptors (Lipinski definition) is 3. The Morgan fingerprint density at radius 3 is 1.43 bits per heavy atom. The molecular formula is C18H26N2O2S. The molecule has 4 nitrogen and oxygen atoms in total. The van der Waals surface area contributed by atoms with Gasteiger partial charge in [0.05, 0.1) is 11.1 Å². The molecule has 0 bridgehead atoms. The van der Waals surface area contributed by atoms with Crippen LogP contribution >= 0.6 is 11.3 Å². The van der Waals surface area contributed by atoms with E-state index in [0.29, 0.717) is 23.0 Å². The van der Waals surface area contributed by atoms with Crippen LogP contribution in [0.3, 0.4) is 0 Å². The van der Waals surface area contributed by atoms with Gasteiger partial charge in [-0.3, -0.25) is 9.59 Å². The topological polar surface area (TPSA) is 86.2 Å². The van der Waals surface area contributed by atoms with Crippen molar-refractivity contribution < 1.29 is 9.59 Å². The van der Waals surface area contributed by atoms with Crippen LogP contribution in [0.1, 0.15) is 81.8 Å². The Balaban J connectivity index is 1.93.